The molecule has 1 aromatic carbocycles. The van der Waals surface area contributed by atoms with Gasteiger partial charge in [0.2, 0.25) is 0 Å². The molecule has 3 heteroatoms. The van der Waals surface area contributed by atoms with Crippen LogP contribution in [0.4, 0.5) is 0 Å². The summed E-state index contributed by atoms with van der Waals surface area (Å²) in [4.78, 5) is 4.21. The number of hydrogen-bond donors (Lipinski definition) is 1. The van der Waals surface area contributed by atoms with Gasteiger partial charge in [0.15, 0.2) is 0 Å². The topological polar surface area (TPSA) is 42.4 Å². The number of fused-ring (bicyclic) bond motifs is 1. The second-order valence-electron chi connectivity index (χ2n) is 4.65. The number of pyridine rings is 1. The molecular weight excluding hydrogens is 226 g/mol. The lowest BCUT2D eigenvalue weighted by molar-refractivity contribution is 0.0894. The van der Waals surface area contributed by atoms with Crippen LogP contribution in [0, 0.1) is 5.92 Å². The number of rotatable bonds is 5. The lowest BCUT2D eigenvalue weighted by Crippen LogP contribution is -2.12. The molecule has 1 aromatic heterocycles. The van der Waals surface area contributed by atoms with E-state index in [1.54, 1.807) is 13.3 Å². The van der Waals surface area contributed by atoms with Crippen molar-refractivity contribution in [3.63, 3.8) is 0 Å². The van der Waals surface area contributed by atoms with Crippen molar-refractivity contribution < 1.29 is 9.84 Å². The van der Waals surface area contributed by atoms with Crippen LogP contribution in [0.1, 0.15) is 25.0 Å². The predicted octanol–water partition coefficient (Wildman–Crippen LogP) is 2.94. The van der Waals surface area contributed by atoms with E-state index < -0.39 is 6.10 Å². The molecule has 0 aliphatic carbocycles. The molecule has 3 nitrogen and oxygen atoms in total. The second kappa shape index (κ2) is 5.94. The quantitative estimate of drug-likeness (QED) is 0.880. The van der Waals surface area contributed by atoms with Gasteiger partial charge in [0.05, 0.1) is 6.10 Å². The van der Waals surface area contributed by atoms with Crippen LogP contribution in [0.15, 0.2) is 36.7 Å². The van der Waals surface area contributed by atoms with E-state index in [1.807, 2.05) is 37.4 Å². The Morgan fingerprint density at radius 2 is 2.06 bits per heavy atom. The number of benzene rings is 1. The largest absolute Gasteiger partial charge is 0.388 e. The van der Waals surface area contributed by atoms with Crippen LogP contribution in [0.5, 0.6) is 0 Å². The van der Waals surface area contributed by atoms with Crippen LogP contribution in [-0.2, 0) is 4.74 Å². The molecule has 0 amide bonds. The molecule has 0 saturated heterocycles. The number of hydrogen-bond acceptors (Lipinski definition) is 3. The summed E-state index contributed by atoms with van der Waals surface area (Å²) in [7, 11) is 1.68. The fraction of sp³-hybridized carbons (Fsp3) is 0.400. The Balaban J connectivity index is 2.29. The van der Waals surface area contributed by atoms with E-state index in [1.165, 1.54) is 0 Å². The van der Waals surface area contributed by atoms with Crippen molar-refractivity contribution in [1.82, 2.24) is 4.98 Å². The Hall–Kier alpha value is -1.45. The molecule has 2 aromatic rings. The first-order chi connectivity index (χ1) is 8.74. The average molecular weight is 245 g/mol. The Morgan fingerprint density at radius 1 is 1.28 bits per heavy atom. The molecule has 1 N–H and O–H groups in total. The molecule has 2 atom stereocenters. The molecule has 2 rings (SSSR count). The van der Waals surface area contributed by atoms with E-state index in [0.717, 1.165) is 22.8 Å². The van der Waals surface area contributed by atoms with Gasteiger partial charge in [-0.05, 0) is 17.7 Å². The number of aromatic nitrogens is 1. The number of aliphatic hydroxyl groups excluding tert-OH is 1. The SMILES string of the molecule is COCCC(C)C(O)c1cncc2ccccc12. The molecule has 0 radical (unpaired) electrons. The average Bonchev–Trinajstić information content (AvgIpc) is 2.43. The van der Waals surface area contributed by atoms with Crippen LogP contribution in [0.25, 0.3) is 10.8 Å². The highest BCUT2D eigenvalue weighted by molar-refractivity contribution is 5.84. The summed E-state index contributed by atoms with van der Waals surface area (Å²) >= 11 is 0. The van der Waals surface area contributed by atoms with Crippen LogP contribution in [-0.4, -0.2) is 23.8 Å². The zero-order chi connectivity index (χ0) is 13.0. The highest BCUT2D eigenvalue weighted by Gasteiger charge is 2.18. The van der Waals surface area contributed by atoms with E-state index in [4.69, 9.17) is 4.74 Å². The van der Waals surface area contributed by atoms with Gasteiger partial charge in [-0.1, -0.05) is 31.2 Å². The third-order valence-corrected chi connectivity index (χ3v) is 3.33. The van der Waals surface area contributed by atoms with Crippen molar-refractivity contribution in [2.45, 2.75) is 19.4 Å². The third kappa shape index (κ3) is 2.68. The van der Waals surface area contributed by atoms with Crippen LogP contribution in [0.3, 0.4) is 0 Å². The zero-order valence-corrected chi connectivity index (χ0v) is 10.8. The Kier molecular flexibility index (Phi) is 4.28. The predicted molar refractivity (Wildman–Crippen MR) is 72.4 cm³/mol. The highest BCUT2D eigenvalue weighted by Crippen LogP contribution is 2.29. The summed E-state index contributed by atoms with van der Waals surface area (Å²) in [6.45, 7) is 2.70. The number of methoxy groups -OCH3 is 1. The van der Waals surface area contributed by atoms with Gasteiger partial charge in [0, 0.05) is 37.1 Å². The Bertz CT molecular complexity index is 507. The maximum absolute atomic E-state index is 10.4. The molecule has 96 valence electrons. The summed E-state index contributed by atoms with van der Waals surface area (Å²) in [6.07, 6.45) is 3.92. The van der Waals surface area contributed by atoms with Gasteiger partial charge >= 0.3 is 0 Å². The van der Waals surface area contributed by atoms with Gasteiger partial charge in [0.25, 0.3) is 0 Å². The summed E-state index contributed by atoms with van der Waals surface area (Å²) in [5, 5.41) is 12.6. The molecule has 0 aliphatic rings. The van der Waals surface area contributed by atoms with Gasteiger partial charge in [-0.15, -0.1) is 0 Å². The summed E-state index contributed by atoms with van der Waals surface area (Å²) in [5.74, 6) is 0.151. The van der Waals surface area contributed by atoms with Crippen molar-refractivity contribution in [3.05, 3.63) is 42.2 Å². The summed E-state index contributed by atoms with van der Waals surface area (Å²) in [5.41, 5.74) is 0.900. The first kappa shape index (κ1) is 13.0. The lowest BCUT2D eigenvalue weighted by Gasteiger charge is -2.20. The highest BCUT2D eigenvalue weighted by atomic mass is 16.5. The fourth-order valence-corrected chi connectivity index (χ4v) is 2.14. The fourth-order valence-electron chi connectivity index (χ4n) is 2.14. The van der Waals surface area contributed by atoms with Crippen molar-refractivity contribution in [3.8, 4) is 0 Å². The Labute approximate surface area is 107 Å². The minimum Gasteiger partial charge on any atom is -0.388 e. The van der Waals surface area contributed by atoms with Crippen LogP contribution < -0.4 is 0 Å². The second-order valence-corrected chi connectivity index (χ2v) is 4.65. The standard InChI is InChI=1S/C15H19NO2/c1-11(7-8-18-2)15(17)14-10-16-9-12-5-3-4-6-13(12)14/h3-6,9-11,15,17H,7-8H2,1-2H3. The van der Waals surface area contributed by atoms with E-state index in [9.17, 15) is 5.11 Å². The minimum absolute atomic E-state index is 0.151. The summed E-state index contributed by atoms with van der Waals surface area (Å²) in [6, 6.07) is 8.00. The third-order valence-electron chi connectivity index (χ3n) is 3.33. The molecule has 0 aliphatic heterocycles. The van der Waals surface area contributed by atoms with Crippen molar-refractivity contribution in [1.29, 1.82) is 0 Å². The van der Waals surface area contributed by atoms with Gasteiger partial charge in [-0.2, -0.15) is 0 Å². The molecule has 0 spiro atoms. The van der Waals surface area contributed by atoms with E-state index in [0.29, 0.717) is 6.61 Å². The zero-order valence-electron chi connectivity index (χ0n) is 10.8. The Morgan fingerprint density at radius 3 is 2.83 bits per heavy atom. The van der Waals surface area contributed by atoms with Gasteiger partial charge < -0.3 is 9.84 Å². The first-order valence-corrected chi connectivity index (χ1v) is 6.23. The van der Waals surface area contributed by atoms with Crippen molar-refractivity contribution >= 4 is 10.8 Å². The summed E-state index contributed by atoms with van der Waals surface area (Å²) < 4.78 is 5.06. The number of nitrogens with zero attached hydrogens (tertiary/aromatic N) is 1. The first-order valence-electron chi connectivity index (χ1n) is 6.23. The van der Waals surface area contributed by atoms with E-state index >= 15 is 0 Å². The molecule has 1 heterocycles. The van der Waals surface area contributed by atoms with Gasteiger partial charge in [-0.25, -0.2) is 0 Å². The van der Waals surface area contributed by atoms with Crippen molar-refractivity contribution in [2.24, 2.45) is 5.92 Å². The monoisotopic (exact) mass is 245 g/mol. The molecule has 0 fully saturated rings. The van der Waals surface area contributed by atoms with Crippen molar-refractivity contribution in [2.75, 3.05) is 13.7 Å². The normalized spacial score (nSPS) is 14.6. The van der Waals surface area contributed by atoms with Gasteiger partial charge in [0.1, 0.15) is 0 Å². The smallest absolute Gasteiger partial charge is 0.0837 e. The maximum Gasteiger partial charge on any atom is 0.0837 e. The number of aliphatic hydroxyl groups is 1. The molecule has 0 bridgehead atoms. The van der Waals surface area contributed by atoms with Crippen LogP contribution >= 0.6 is 0 Å². The van der Waals surface area contributed by atoms with E-state index in [-0.39, 0.29) is 5.92 Å². The van der Waals surface area contributed by atoms with E-state index in [2.05, 4.69) is 4.98 Å². The molecular formula is C15H19NO2. The minimum atomic E-state index is -0.501. The number of ether oxygens (including phenoxy) is 1. The molecule has 18 heavy (non-hydrogen) atoms. The molecule has 2 unspecified atom stereocenters. The lowest BCUT2D eigenvalue weighted by atomic mass is 9.93. The maximum atomic E-state index is 10.4. The van der Waals surface area contributed by atoms with Crippen LogP contribution in [0.2, 0.25) is 0 Å². The van der Waals surface area contributed by atoms with Gasteiger partial charge in [-0.3, -0.25) is 4.98 Å². The molecule has 0 saturated carbocycles.